The van der Waals surface area contributed by atoms with Crippen LogP contribution in [-0.2, 0) is 19.1 Å². The van der Waals surface area contributed by atoms with Crippen LogP contribution in [-0.4, -0.2) is 40.5 Å². The largest absolute Gasteiger partial charge is 0.472 e. The van der Waals surface area contributed by atoms with E-state index in [4.69, 9.17) is 13.9 Å². The molecule has 3 heterocycles. The van der Waals surface area contributed by atoms with Gasteiger partial charge in [0, 0.05) is 24.0 Å². The topological polar surface area (TPSA) is 106 Å². The number of aliphatic hydroxyl groups is 2. The van der Waals surface area contributed by atoms with Gasteiger partial charge in [-0.1, -0.05) is 0 Å². The zero-order valence-electron chi connectivity index (χ0n) is 15.1. The Morgan fingerprint density at radius 1 is 1.30 bits per heavy atom. The standard InChI is InChI=1S/C20H22O7/c1-18(24)8-15(21)19-10-26-17(23)20(18,19)5-2-3-13(19)12-7-14(27-16(12)22)11-4-6-25-9-11/h4,6,9,14-15,21,24H,2-3,5,7-8,10H2,1H3/t14-,15+,18-,19-,20-/m1/s1. The van der Waals surface area contributed by atoms with Gasteiger partial charge in [-0.2, -0.15) is 0 Å². The SMILES string of the molecule is C[C@@]1(O)C[C@H](O)[C@]23COC(=O)[C@]12CCCC3=C1C[C@H](c2ccoc2)OC1=O. The summed E-state index contributed by atoms with van der Waals surface area (Å²) in [5, 5.41) is 22.1. The van der Waals surface area contributed by atoms with Crippen molar-refractivity contribution >= 4 is 11.9 Å². The van der Waals surface area contributed by atoms with Crippen LogP contribution >= 0.6 is 0 Å². The molecule has 2 aliphatic heterocycles. The van der Waals surface area contributed by atoms with Gasteiger partial charge in [0.15, 0.2) is 0 Å². The number of ether oxygens (including phenoxy) is 2. The van der Waals surface area contributed by atoms with Gasteiger partial charge in [0.1, 0.15) is 18.1 Å². The fourth-order valence-corrected chi connectivity index (χ4v) is 6.13. The first-order valence-corrected chi connectivity index (χ1v) is 9.37. The van der Waals surface area contributed by atoms with E-state index in [9.17, 15) is 19.8 Å². The Hall–Kier alpha value is -2.12. The molecule has 2 aliphatic carbocycles. The molecule has 0 amide bonds. The maximum atomic E-state index is 12.8. The highest BCUT2D eigenvalue weighted by molar-refractivity contribution is 5.93. The molecule has 2 N–H and O–H groups in total. The summed E-state index contributed by atoms with van der Waals surface area (Å²) in [6.07, 6.45) is 3.77. The average Bonchev–Trinajstić information content (AvgIpc) is 3.35. The van der Waals surface area contributed by atoms with E-state index in [0.29, 0.717) is 31.3 Å². The summed E-state index contributed by atoms with van der Waals surface area (Å²) in [5.41, 5.74) is -1.67. The Morgan fingerprint density at radius 3 is 2.85 bits per heavy atom. The smallest absolute Gasteiger partial charge is 0.334 e. The van der Waals surface area contributed by atoms with Gasteiger partial charge in [-0.05, 0) is 37.8 Å². The molecule has 0 aromatic carbocycles. The predicted molar refractivity (Wildman–Crippen MR) is 90.1 cm³/mol. The van der Waals surface area contributed by atoms with Gasteiger partial charge in [-0.25, -0.2) is 4.79 Å². The van der Waals surface area contributed by atoms with Crippen LogP contribution in [0.2, 0.25) is 0 Å². The number of hydrogen-bond acceptors (Lipinski definition) is 7. The molecule has 2 saturated heterocycles. The quantitative estimate of drug-likeness (QED) is 0.570. The summed E-state index contributed by atoms with van der Waals surface area (Å²) < 4.78 is 16.1. The van der Waals surface area contributed by atoms with Gasteiger partial charge >= 0.3 is 11.9 Å². The maximum absolute atomic E-state index is 12.8. The van der Waals surface area contributed by atoms with Crippen molar-refractivity contribution in [2.45, 2.75) is 56.8 Å². The molecule has 1 aromatic rings. The number of hydrogen-bond donors (Lipinski definition) is 2. The molecular weight excluding hydrogens is 352 g/mol. The van der Waals surface area contributed by atoms with Crippen molar-refractivity contribution in [3.63, 3.8) is 0 Å². The summed E-state index contributed by atoms with van der Waals surface area (Å²) >= 11 is 0. The zero-order chi connectivity index (χ0) is 19.0. The molecule has 0 radical (unpaired) electrons. The Labute approximate surface area is 155 Å². The number of esters is 2. The second-order valence-electron chi connectivity index (χ2n) is 8.41. The van der Waals surface area contributed by atoms with E-state index in [2.05, 4.69) is 0 Å². The highest BCUT2D eigenvalue weighted by Gasteiger charge is 2.79. The normalized spacial score (nSPS) is 46.2. The average molecular weight is 374 g/mol. The van der Waals surface area contributed by atoms with E-state index >= 15 is 0 Å². The van der Waals surface area contributed by atoms with Gasteiger partial charge in [-0.3, -0.25) is 4.79 Å². The van der Waals surface area contributed by atoms with E-state index < -0.39 is 40.6 Å². The molecule has 5 rings (SSSR count). The Bertz CT molecular complexity index is 852. The minimum Gasteiger partial charge on any atom is -0.472 e. The molecule has 4 aliphatic rings. The van der Waals surface area contributed by atoms with Crippen molar-refractivity contribution < 1.29 is 33.7 Å². The van der Waals surface area contributed by atoms with Crippen LogP contribution in [0.1, 0.15) is 50.7 Å². The van der Waals surface area contributed by atoms with E-state index in [-0.39, 0.29) is 13.0 Å². The molecule has 144 valence electrons. The van der Waals surface area contributed by atoms with Crippen molar-refractivity contribution in [2.75, 3.05) is 6.61 Å². The van der Waals surface area contributed by atoms with Gasteiger partial charge < -0.3 is 24.1 Å². The lowest BCUT2D eigenvalue weighted by atomic mass is 9.52. The van der Waals surface area contributed by atoms with Crippen molar-refractivity contribution in [3.8, 4) is 0 Å². The summed E-state index contributed by atoms with van der Waals surface area (Å²) in [4.78, 5) is 25.5. The molecule has 0 spiro atoms. The molecule has 27 heavy (non-hydrogen) atoms. The van der Waals surface area contributed by atoms with Gasteiger partial charge in [0.2, 0.25) is 0 Å². The van der Waals surface area contributed by atoms with Crippen molar-refractivity contribution in [1.82, 2.24) is 0 Å². The van der Waals surface area contributed by atoms with E-state index in [1.165, 1.54) is 6.26 Å². The maximum Gasteiger partial charge on any atom is 0.334 e. The van der Waals surface area contributed by atoms with Gasteiger partial charge in [-0.15, -0.1) is 0 Å². The van der Waals surface area contributed by atoms with Crippen LogP contribution in [0, 0.1) is 10.8 Å². The highest BCUT2D eigenvalue weighted by atomic mass is 16.6. The molecule has 7 heteroatoms. The summed E-state index contributed by atoms with van der Waals surface area (Å²) in [6, 6.07) is 1.76. The van der Waals surface area contributed by atoms with Crippen LogP contribution < -0.4 is 0 Å². The molecule has 5 atom stereocenters. The predicted octanol–water partition coefficient (Wildman–Crippen LogP) is 1.79. The highest BCUT2D eigenvalue weighted by Crippen LogP contribution is 2.71. The Kier molecular flexibility index (Phi) is 3.30. The van der Waals surface area contributed by atoms with Crippen LogP contribution in [0.4, 0.5) is 0 Å². The third-order valence-electron chi connectivity index (χ3n) is 7.30. The van der Waals surface area contributed by atoms with E-state index in [0.717, 1.165) is 11.1 Å². The van der Waals surface area contributed by atoms with Crippen LogP contribution in [0.15, 0.2) is 34.2 Å². The van der Waals surface area contributed by atoms with Crippen molar-refractivity contribution in [3.05, 3.63) is 35.3 Å². The molecular formula is C20H22O7. The number of carbonyl (C=O) groups is 2. The van der Waals surface area contributed by atoms with Crippen LogP contribution in [0.3, 0.4) is 0 Å². The first-order valence-electron chi connectivity index (χ1n) is 9.37. The van der Waals surface area contributed by atoms with Crippen molar-refractivity contribution in [1.29, 1.82) is 0 Å². The molecule has 0 bridgehead atoms. The number of cyclic esters (lactones) is 2. The molecule has 7 nitrogen and oxygen atoms in total. The zero-order valence-corrected chi connectivity index (χ0v) is 15.1. The summed E-state index contributed by atoms with van der Waals surface area (Å²) in [5.74, 6) is -0.904. The fraction of sp³-hybridized carbons (Fsp3) is 0.600. The first-order chi connectivity index (χ1) is 12.8. The number of aliphatic hydroxyl groups excluding tert-OH is 1. The lowest BCUT2D eigenvalue weighted by molar-refractivity contribution is -0.162. The lowest BCUT2D eigenvalue weighted by Crippen LogP contribution is -2.56. The summed E-state index contributed by atoms with van der Waals surface area (Å²) in [6.45, 7) is 1.59. The fourth-order valence-electron chi connectivity index (χ4n) is 6.13. The van der Waals surface area contributed by atoms with E-state index in [1.54, 1.807) is 19.3 Å². The number of furan rings is 1. The Morgan fingerprint density at radius 2 is 2.11 bits per heavy atom. The third kappa shape index (κ3) is 1.84. The molecule has 0 unspecified atom stereocenters. The van der Waals surface area contributed by atoms with Gasteiger partial charge in [0.25, 0.3) is 0 Å². The lowest BCUT2D eigenvalue weighted by Gasteiger charge is -2.48. The third-order valence-corrected chi connectivity index (χ3v) is 7.30. The Balaban J connectivity index is 1.66. The second-order valence-corrected chi connectivity index (χ2v) is 8.41. The molecule has 1 aromatic heterocycles. The number of carbonyl (C=O) groups excluding carboxylic acids is 2. The van der Waals surface area contributed by atoms with Crippen LogP contribution in [0.5, 0.6) is 0 Å². The van der Waals surface area contributed by atoms with Crippen LogP contribution in [0.25, 0.3) is 0 Å². The second kappa shape index (κ2) is 5.23. The summed E-state index contributed by atoms with van der Waals surface area (Å²) in [7, 11) is 0. The monoisotopic (exact) mass is 374 g/mol. The minimum absolute atomic E-state index is 0.00829. The minimum atomic E-state index is -1.39. The van der Waals surface area contributed by atoms with E-state index in [1.807, 2.05) is 0 Å². The number of rotatable bonds is 1. The first kappa shape index (κ1) is 17.0. The van der Waals surface area contributed by atoms with Gasteiger partial charge in [0.05, 0.1) is 29.6 Å². The van der Waals surface area contributed by atoms with Crippen molar-refractivity contribution in [2.24, 2.45) is 10.8 Å². The molecule has 2 saturated carbocycles. The molecule has 4 fully saturated rings.